The molecule has 9 rings (SSSR count). The number of fused-ring (bicyclic) bond motifs is 2. The van der Waals surface area contributed by atoms with Gasteiger partial charge in [0.1, 0.15) is 67.1 Å². The van der Waals surface area contributed by atoms with Crippen LogP contribution in [0.2, 0.25) is 0 Å². The fraction of sp³-hybridized carbons (Fsp3) is 1.00. The summed E-state index contributed by atoms with van der Waals surface area (Å²) in [5.74, 6) is -0.678. The summed E-state index contributed by atoms with van der Waals surface area (Å²) >= 11 is 0. The van der Waals surface area contributed by atoms with Crippen LogP contribution in [0.3, 0.4) is 0 Å². The molecule has 19 nitrogen and oxygen atoms in total. The lowest BCUT2D eigenvalue weighted by atomic mass is 9.41. The Hall–Kier alpha value is -0.760. The highest BCUT2D eigenvalue weighted by Crippen LogP contribution is 2.89. The van der Waals surface area contributed by atoms with Crippen LogP contribution in [0, 0.1) is 44.8 Å². The van der Waals surface area contributed by atoms with Crippen LogP contribution in [-0.4, -0.2) is 203 Å². The molecule has 66 heavy (non-hydrogen) atoms. The zero-order chi connectivity index (χ0) is 48.1. The summed E-state index contributed by atoms with van der Waals surface area (Å²) in [6.45, 7) is 12.8. The molecule has 380 valence electrons. The van der Waals surface area contributed by atoms with Gasteiger partial charge in [-0.2, -0.15) is 0 Å². The Kier molecular flexibility index (Phi) is 12.9. The lowest BCUT2D eigenvalue weighted by Gasteiger charge is -2.65. The zero-order valence-corrected chi connectivity index (χ0v) is 39.3. The first kappa shape index (κ1) is 50.2. The van der Waals surface area contributed by atoms with E-state index in [-0.39, 0.29) is 35.2 Å². The van der Waals surface area contributed by atoms with Gasteiger partial charge in [-0.1, -0.05) is 27.7 Å². The highest BCUT2D eigenvalue weighted by Gasteiger charge is 2.85. The molecule has 0 unspecified atom stereocenters. The summed E-state index contributed by atoms with van der Waals surface area (Å²) in [6.07, 6.45) is -17.0. The SMILES string of the molecule is CC(C)(O)[C@@H]1CC[C@](C)([C@H]2[C@@H](O[C@@H]3O[C@H](CO)[C@@H](O)[C@H](O)[C@H]3O)C[C@@]3(C)[C@@H]4C[C@H](O[C@@H]5O[C@H](CO)[C@@H](O)[C@H](O)[C@H]5O)[C@H]5C(C)(C)[C@@H](O[C@@H]6OC[C@@H](O)[C@H](O)[C@H]6O)CC[C@@]56C[C@@]46CC[C@]23C)O1. The van der Waals surface area contributed by atoms with Crippen molar-refractivity contribution in [3.8, 4) is 0 Å². The maximum atomic E-state index is 11.4. The van der Waals surface area contributed by atoms with E-state index >= 15 is 0 Å². The Bertz CT molecular complexity index is 1760. The van der Waals surface area contributed by atoms with Crippen LogP contribution in [0.25, 0.3) is 0 Å². The third-order valence-electron chi connectivity index (χ3n) is 19.8. The molecule has 0 radical (unpaired) electrons. The zero-order valence-electron chi connectivity index (χ0n) is 39.3. The lowest BCUT2D eigenvalue weighted by molar-refractivity contribution is -0.339. The number of aliphatic hydroxyl groups is 12. The molecular formula is C47H78O19. The van der Waals surface area contributed by atoms with Gasteiger partial charge in [-0.3, -0.25) is 0 Å². The molecule has 5 saturated carbocycles. The molecule has 0 amide bonds. The molecule has 0 bridgehead atoms. The molecule has 4 saturated heterocycles. The Balaban J connectivity index is 1.10. The van der Waals surface area contributed by atoms with Crippen molar-refractivity contribution in [2.45, 2.75) is 228 Å². The number of hydrogen-bond acceptors (Lipinski definition) is 19. The molecule has 2 spiro atoms. The van der Waals surface area contributed by atoms with E-state index in [0.29, 0.717) is 38.5 Å². The maximum absolute atomic E-state index is 11.4. The fourth-order valence-electron chi connectivity index (χ4n) is 16.3. The normalized spacial score (nSPS) is 58.0. The molecule has 9 aliphatic rings. The smallest absolute Gasteiger partial charge is 0.186 e. The summed E-state index contributed by atoms with van der Waals surface area (Å²) in [5.41, 5.74) is -4.32. The largest absolute Gasteiger partial charge is 0.394 e. The number of rotatable bonds is 10. The van der Waals surface area contributed by atoms with Crippen molar-refractivity contribution in [3.63, 3.8) is 0 Å². The topological polar surface area (TPSA) is 307 Å². The highest BCUT2D eigenvalue weighted by atomic mass is 16.7. The molecule has 0 aromatic carbocycles. The Labute approximate surface area is 386 Å². The number of aliphatic hydroxyl groups excluding tert-OH is 11. The number of hydrogen-bond donors (Lipinski definition) is 12. The third kappa shape index (κ3) is 7.30. The van der Waals surface area contributed by atoms with Crippen LogP contribution >= 0.6 is 0 Å². The standard InChI is InChI=1S/C47H78O19/c1-41(2)26(65-38-33(56)28(51)20(50)18-60-38)9-11-47-19-46(47)13-12-43(5)37(45(7)10-8-27(66-45)42(3,4)59)22(62-40-35(58)32(55)30(53)24(17-49)64-40)15-44(43,6)25(46)14-21(36(41)47)61-39-34(57)31(54)29(52)23(16-48)63-39/h20-40,48-59H,8-19H2,1-7H3/t20-,21+,22+,23-,24-,25+,26+,27+,28+,29-,30-,31+,32+,33-,34-,35-,36+,37+,38+,39-,40-,43-,44+,45-,46+,47-/m1/s1. The molecule has 19 heteroatoms. The summed E-state index contributed by atoms with van der Waals surface area (Å²) in [6, 6.07) is 0. The van der Waals surface area contributed by atoms with E-state index in [1.807, 2.05) is 0 Å². The first-order valence-electron chi connectivity index (χ1n) is 24.4. The Morgan fingerprint density at radius 2 is 1.17 bits per heavy atom. The van der Waals surface area contributed by atoms with Crippen molar-refractivity contribution >= 4 is 0 Å². The molecule has 0 aromatic rings. The summed E-state index contributed by atoms with van der Waals surface area (Å²) < 4.78 is 45.2. The van der Waals surface area contributed by atoms with E-state index in [1.54, 1.807) is 13.8 Å². The van der Waals surface area contributed by atoms with E-state index < -0.39 is 151 Å². The van der Waals surface area contributed by atoms with Gasteiger partial charge >= 0.3 is 0 Å². The van der Waals surface area contributed by atoms with Crippen molar-refractivity contribution in [2.24, 2.45) is 44.8 Å². The van der Waals surface area contributed by atoms with Crippen LogP contribution in [0.15, 0.2) is 0 Å². The molecule has 5 aliphatic carbocycles. The van der Waals surface area contributed by atoms with Gasteiger partial charge < -0.3 is 94.4 Å². The first-order valence-corrected chi connectivity index (χ1v) is 24.4. The van der Waals surface area contributed by atoms with Crippen LogP contribution in [-0.2, 0) is 33.2 Å². The summed E-state index contributed by atoms with van der Waals surface area (Å²) in [5, 5.41) is 129. The van der Waals surface area contributed by atoms with E-state index in [2.05, 4.69) is 34.6 Å². The third-order valence-corrected chi connectivity index (χ3v) is 19.8. The molecule has 4 heterocycles. The summed E-state index contributed by atoms with van der Waals surface area (Å²) in [7, 11) is 0. The fourth-order valence-corrected chi connectivity index (χ4v) is 16.3. The van der Waals surface area contributed by atoms with Crippen LogP contribution in [0.1, 0.15) is 106 Å². The van der Waals surface area contributed by atoms with Crippen molar-refractivity contribution < 1.29 is 94.4 Å². The molecule has 4 aliphatic heterocycles. The quantitative estimate of drug-likeness (QED) is 0.112. The second kappa shape index (κ2) is 16.9. The van der Waals surface area contributed by atoms with E-state index in [1.165, 1.54) is 0 Å². The molecule has 12 N–H and O–H groups in total. The van der Waals surface area contributed by atoms with Gasteiger partial charge in [-0.05, 0) is 117 Å². The molecule has 9 fully saturated rings. The van der Waals surface area contributed by atoms with Gasteiger partial charge in [-0.25, -0.2) is 0 Å². The van der Waals surface area contributed by atoms with Crippen molar-refractivity contribution in [3.05, 3.63) is 0 Å². The van der Waals surface area contributed by atoms with Crippen LogP contribution in [0.4, 0.5) is 0 Å². The minimum Gasteiger partial charge on any atom is -0.394 e. The maximum Gasteiger partial charge on any atom is 0.186 e. The number of ether oxygens (including phenoxy) is 7. The predicted molar refractivity (Wildman–Crippen MR) is 226 cm³/mol. The second-order valence-corrected chi connectivity index (χ2v) is 23.9. The van der Waals surface area contributed by atoms with Gasteiger partial charge in [0.2, 0.25) is 0 Å². The second-order valence-electron chi connectivity index (χ2n) is 23.9. The van der Waals surface area contributed by atoms with Crippen LogP contribution < -0.4 is 0 Å². The van der Waals surface area contributed by atoms with Gasteiger partial charge in [0.15, 0.2) is 18.9 Å². The van der Waals surface area contributed by atoms with Gasteiger partial charge in [0.05, 0.1) is 55.4 Å². The first-order chi connectivity index (χ1) is 30.7. The molecule has 0 aromatic heterocycles. The van der Waals surface area contributed by atoms with Crippen molar-refractivity contribution in [2.75, 3.05) is 19.8 Å². The molecular weight excluding hydrogens is 868 g/mol. The lowest BCUT2D eigenvalue weighted by Crippen LogP contribution is -2.65. The highest BCUT2D eigenvalue weighted by molar-refractivity contribution is 5.33. The van der Waals surface area contributed by atoms with Crippen molar-refractivity contribution in [1.29, 1.82) is 0 Å². The Morgan fingerprint density at radius 1 is 0.591 bits per heavy atom. The average molecular weight is 947 g/mol. The minimum absolute atomic E-state index is 0.0655. The Morgan fingerprint density at radius 3 is 1.73 bits per heavy atom. The van der Waals surface area contributed by atoms with Gasteiger partial charge in [0.25, 0.3) is 0 Å². The average Bonchev–Trinajstić information content (AvgIpc) is 3.60. The van der Waals surface area contributed by atoms with Gasteiger partial charge in [0, 0.05) is 5.92 Å². The monoisotopic (exact) mass is 947 g/mol. The van der Waals surface area contributed by atoms with E-state index in [0.717, 1.165) is 19.3 Å². The van der Waals surface area contributed by atoms with E-state index in [4.69, 9.17) is 33.2 Å². The summed E-state index contributed by atoms with van der Waals surface area (Å²) in [4.78, 5) is 0. The van der Waals surface area contributed by atoms with Crippen molar-refractivity contribution in [1.82, 2.24) is 0 Å². The minimum atomic E-state index is -1.67. The van der Waals surface area contributed by atoms with E-state index in [9.17, 15) is 61.3 Å². The van der Waals surface area contributed by atoms with Gasteiger partial charge in [-0.15, -0.1) is 0 Å². The van der Waals surface area contributed by atoms with Crippen LogP contribution in [0.5, 0.6) is 0 Å². The predicted octanol–water partition coefficient (Wildman–Crippen LogP) is -1.45. The molecule has 26 atom stereocenters.